The molecule has 33 heavy (non-hydrogen) atoms. The average molecular weight is 458 g/mol. The fourth-order valence-corrected chi connectivity index (χ4v) is 1.78. The third kappa shape index (κ3) is 26.1. The lowest BCUT2D eigenvalue weighted by Crippen LogP contribution is -1.99. The first-order chi connectivity index (χ1) is 15.9. The van der Waals surface area contributed by atoms with Gasteiger partial charge in [0.05, 0.1) is 0 Å². The summed E-state index contributed by atoms with van der Waals surface area (Å²) in [5.74, 6) is 0. The number of nitrogens with one attached hydrogen (secondary N) is 1. The van der Waals surface area contributed by atoms with Crippen LogP contribution in [0, 0.1) is 13.8 Å². The van der Waals surface area contributed by atoms with Gasteiger partial charge >= 0.3 is 0 Å². The molecule has 0 aliphatic rings. The van der Waals surface area contributed by atoms with Crippen LogP contribution in [-0.2, 0) is 0 Å². The van der Waals surface area contributed by atoms with Crippen LogP contribution in [0.15, 0.2) is 55.1 Å². The Kier molecular flexibility index (Phi) is 37.3. The Balaban J connectivity index is -0.000000217. The quantitative estimate of drug-likeness (QED) is 0.454. The lowest BCUT2D eigenvalue weighted by atomic mass is 10.1. The van der Waals surface area contributed by atoms with Crippen LogP contribution in [0.25, 0.3) is 5.70 Å². The summed E-state index contributed by atoms with van der Waals surface area (Å²) in [5, 5.41) is 3.36. The Morgan fingerprint density at radius 2 is 1.06 bits per heavy atom. The molecule has 0 spiro atoms. The molecule has 0 aromatic heterocycles. The van der Waals surface area contributed by atoms with Gasteiger partial charge in [-0.1, -0.05) is 156 Å². The number of unbranched alkanes of at least 4 members (excludes halogenated alkanes) is 3. The maximum atomic E-state index is 4.09. The fraction of sp³-hybridized carbons (Fsp3) is 0.562. The van der Waals surface area contributed by atoms with E-state index in [-0.39, 0.29) is 0 Å². The second-order valence-electron chi connectivity index (χ2n) is 7.29. The summed E-state index contributed by atoms with van der Waals surface area (Å²) in [6.45, 7) is 29.4. The molecule has 0 bridgehead atoms. The molecule has 1 nitrogen and oxygen atoms in total. The predicted molar refractivity (Wildman–Crippen MR) is 159 cm³/mol. The summed E-state index contributed by atoms with van der Waals surface area (Å²) < 4.78 is 0. The zero-order valence-electron chi connectivity index (χ0n) is 24.6. The number of benzene rings is 2. The Hall–Kier alpha value is -2.02. The number of anilines is 1. The van der Waals surface area contributed by atoms with Crippen molar-refractivity contribution in [3.05, 3.63) is 71.8 Å². The van der Waals surface area contributed by atoms with Crippen molar-refractivity contribution in [2.24, 2.45) is 0 Å². The molecule has 1 heteroatoms. The van der Waals surface area contributed by atoms with E-state index < -0.39 is 0 Å². The average Bonchev–Trinajstić information content (AvgIpc) is 2.88. The lowest BCUT2D eigenvalue weighted by Gasteiger charge is -2.12. The molecule has 0 fully saturated rings. The van der Waals surface area contributed by atoms with Crippen LogP contribution < -0.4 is 5.32 Å². The molecule has 2 aromatic rings. The van der Waals surface area contributed by atoms with Crippen molar-refractivity contribution < 1.29 is 0 Å². The topological polar surface area (TPSA) is 12.0 Å². The number of para-hydroxylation sites is 1. The Morgan fingerprint density at radius 1 is 0.636 bits per heavy atom. The summed E-state index contributed by atoms with van der Waals surface area (Å²) in [6.07, 6.45) is 7.92. The van der Waals surface area contributed by atoms with Gasteiger partial charge in [0.25, 0.3) is 0 Å². The van der Waals surface area contributed by atoms with Crippen LogP contribution in [-0.4, -0.2) is 0 Å². The van der Waals surface area contributed by atoms with Crippen molar-refractivity contribution >= 4 is 11.4 Å². The van der Waals surface area contributed by atoms with Crippen molar-refractivity contribution in [2.45, 2.75) is 122 Å². The number of rotatable bonds is 6. The van der Waals surface area contributed by atoms with Crippen molar-refractivity contribution in [2.75, 3.05) is 5.32 Å². The molecule has 0 saturated carbocycles. The SMILES string of the molecule is C=C(Nc1ccccc1C)c1cccc(C)c1.CC.CC.CCCC.CCCC.CCCC. The van der Waals surface area contributed by atoms with Crippen molar-refractivity contribution in [3.63, 3.8) is 0 Å². The second-order valence-corrected chi connectivity index (χ2v) is 7.29. The number of hydrogen-bond donors (Lipinski definition) is 1. The largest absolute Gasteiger partial charge is 0.355 e. The van der Waals surface area contributed by atoms with E-state index in [0.29, 0.717) is 0 Å². The highest BCUT2D eigenvalue weighted by molar-refractivity contribution is 5.76. The minimum absolute atomic E-state index is 0.933. The monoisotopic (exact) mass is 457 g/mol. The third-order valence-corrected chi connectivity index (χ3v) is 4.30. The molecule has 192 valence electrons. The maximum absolute atomic E-state index is 4.09. The zero-order valence-corrected chi connectivity index (χ0v) is 24.6. The van der Waals surface area contributed by atoms with Crippen LogP contribution in [0.5, 0.6) is 0 Å². The first-order valence-corrected chi connectivity index (χ1v) is 13.5. The molecule has 0 amide bonds. The van der Waals surface area contributed by atoms with Crippen LogP contribution in [0.1, 0.15) is 124 Å². The molecule has 2 rings (SSSR count). The van der Waals surface area contributed by atoms with E-state index in [1.54, 1.807) is 0 Å². The normalized spacial score (nSPS) is 8.24. The summed E-state index contributed by atoms with van der Waals surface area (Å²) >= 11 is 0. The van der Waals surface area contributed by atoms with E-state index in [4.69, 9.17) is 0 Å². The minimum atomic E-state index is 0.933. The van der Waals surface area contributed by atoms with Gasteiger partial charge in [-0.3, -0.25) is 0 Å². The minimum Gasteiger partial charge on any atom is -0.355 e. The highest BCUT2D eigenvalue weighted by Gasteiger charge is 2.01. The lowest BCUT2D eigenvalue weighted by molar-refractivity contribution is 0.886. The van der Waals surface area contributed by atoms with Gasteiger partial charge in [0.2, 0.25) is 0 Å². The fourth-order valence-electron chi connectivity index (χ4n) is 1.78. The van der Waals surface area contributed by atoms with Crippen molar-refractivity contribution in [1.29, 1.82) is 0 Å². The van der Waals surface area contributed by atoms with Gasteiger partial charge in [-0.05, 0) is 37.1 Å². The summed E-state index contributed by atoms with van der Waals surface area (Å²) in [6, 6.07) is 16.6. The molecule has 0 aliphatic heterocycles. The molecule has 0 atom stereocenters. The van der Waals surface area contributed by atoms with E-state index in [2.05, 4.69) is 104 Å². The van der Waals surface area contributed by atoms with Crippen LogP contribution in [0.3, 0.4) is 0 Å². The molecule has 0 heterocycles. The molecule has 2 aromatic carbocycles. The standard InChI is InChI=1S/C16H17N.3C4H10.2C2H6/c1-12-7-6-9-15(11-12)14(3)17-16-10-5-4-8-13(16)2;3*1-3-4-2;2*1-2/h4-11,17H,3H2,1-2H3;3*3-4H2,1-2H3;2*1-2H3. The van der Waals surface area contributed by atoms with Crippen LogP contribution >= 0.6 is 0 Å². The zero-order chi connectivity index (χ0) is 26.5. The molecule has 0 unspecified atom stereocenters. The predicted octanol–water partition coefficient (Wildman–Crippen LogP) is 11.9. The summed E-state index contributed by atoms with van der Waals surface area (Å²) in [5.41, 5.74) is 5.65. The molecular weight excluding hydrogens is 398 g/mol. The highest BCUT2D eigenvalue weighted by Crippen LogP contribution is 2.20. The Labute approximate surface area is 210 Å². The first kappa shape index (κ1) is 38.3. The molecule has 1 N–H and O–H groups in total. The highest BCUT2D eigenvalue weighted by atomic mass is 14.9. The van der Waals surface area contributed by atoms with Gasteiger partial charge in [0.15, 0.2) is 0 Å². The smallest absolute Gasteiger partial charge is 0.0413 e. The van der Waals surface area contributed by atoms with Crippen molar-refractivity contribution in [3.8, 4) is 0 Å². The third-order valence-electron chi connectivity index (χ3n) is 4.30. The Bertz CT molecular complexity index is 612. The number of aryl methyl sites for hydroxylation is 2. The molecule has 0 aliphatic carbocycles. The van der Waals surface area contributed by atoms with E-state index in [1.807, 2.05) is 39.8 Å². The molecule has 0 saturated heterocycles. The number of hydrogen-bond acceptors (Lipinski definition) is 1. The van der Waals surface area contributed by atoms with Crippen molar-refractivity contribution in [1.82, 2.24) is 0 Å². The van der Waals surface area contributed by atoms with E-state index in [9.17, 15) is 0 Å². The Morgan fingerprint density at radius 3 is 1.42 bits per heavy atom. The van der Waals surface area contributed by atoms with E-state index in [1.165, 1.54) is 49.7 Å². The van der Waals surface area contributed by atoms with Gasteiger partial charge in [0, 0.05) is 11.4 Å². The van der Waals surface area contributed by atoms with Gasteiger partial charge < -0.3 is 5.32 Å². The van der Waals surface area contributed by atoms with Gasteiger partial charge in [0.1, 0.15) is 0 Å². The van der Waals surface area contributed by atoms with Crippen LogP contribution in [0.4, 0.5) is 5.69 Å². The molecular formula is C32H59N. The van der Waals surface area contributed by atoms with E-state index in [0.717, 1.165) is 16.9 Å². The van der Waals surface area contributed by atoms with Gasteiger partial charge in [-0.2, -0.15) is 0 Å². The van der Waals surface area contributed by atoms with E-state index >= 15 is 0 Å². The van der Waals surface area contributed by atoms with Crippen LogP contribution in [0.2, 0.25) is 0 Å². The summed E-state index contributed by atoms with van der Waals surface area (Å²) in [7, 11) is 0. The maximum Gasteiger partial charge on any atom is 0.0413 e. The first-order valence-electron chi connectivity index (χ1n) is 13.5. The molecule has 0 radical (unpaired) electrons. The summed E-state index contributed by atoms with van der Waals surface area (Å²) in [4.78, 5) is 0. The second kappa shape index (κ2) is 32.2. The van der Waals surface area contributed by atoms with Gasteiger partial charge in [-0.25, -0.2) is 0 Å². The van der Waals surface area contributed by atoms with Gasteiger partial charge in [-0.15, -0.1) is 0 Å².